The Labute approximate surface area is 125 Å². The summed E-state index contributed by atoms with van der Waals surface area (Å²) in [6, 6.07) is 2.08. The Morgan fingerprint density at radius 3 is 2.60 bits per heavy atom. The Hall–Kier alpha value is -1.26. The van der Waals surface area contributed by atoms with Crippen molar-refractivity contribution in [2.75, 3.05) is 0 Å². The van der Waals surface area contributed by atoms with Crippen molar-refractivity contribution < 1.29 is 4.42 Å². The number of aromatic nitrogens is 2. The van der Waals surface area contributed by atoms with Gasteiger partial charge >= 0.3 is 0 Å². The minimum atomic E-state index is 0.0937. The molecule has 1 N–H and O–H groups in total. The SMILES string of the molecule is Cc1nn(Cc2cc(CNC(C)(C)C)c(C)o2)cc1Cl. The Bertz CT molecular complexity index is 573. The molecule has 110 valence electrons. The number of furan rings is 1. The largest absolute Gasteiger partial charge is 0.464 e. The standard InChI is InChI=1S/C15H22ClN3O/c1-10-14(16)9-19(18-10)8-13-6-12(11(2)20-13)7-17-15(3,4)5/h6,9,17H,7-8H2,1-5H3. The maximum Gasteiger partial charge on any atom is 0.125 e. The van der Waals surface area contributed by atoms with Gasteiger partial charge in [0.25, 0.3) is 0 Å². The van der Waals surface area contributed by atoms with Crippen molar-refractivity contribution >= 4 is 11.6 Å². The minimum absolute atomic E-state index is 0.0937. The Morgan fingerprint density at radius 1 is 1.35 bits per heavy atom. The second-order valence-electron chi connectivity index (χ2n) is 6.16. The normalized spacial score (nSPS) is 12.1. The van der Waals surface area contributed by atoms with Crippen LogP contribution in [0.4, 0.5) is 0 Å². The van der Waals surface area contributed by atoms with Crippen molar-refractivity contribution in [1.29, 1.82) is 0 Å². The molecule has 0 aliphatic rings. The maximum atomic E-state index is 6.01. The van der Waals surface area contributed by atoms with Gasteiger partial charge in [0.05, 0.1) is 17.3 Å². The van der Waals surface area contributed by atoms with E-state index >= 15 is 0 Å². The van der Waals surface area contributed by atoms with Crippen LogP contribution in [0.2, 0.25) is 5.02 Å². The van der Waals surface area contributed by atoms with E-state index in [1.807, 2.05) is 20.0 Å². The molecule has 0 aliphatic carbocycles. The van der Waals surface area contributed by atoms with E-state index in [1.165, 1.54) is 5.56 Å². The van der Waals surface area contributed by atoms with E-state index in [2.05, 4.69) is 37.3 Å². The van der Waals surface area contributed by atoms with Crippen molar-refractivity contribution in [3.63, 3.8) is 0 Å². The lowest BCUT2D eigenvalue weighted by Crippen LogP contribution is -2.35. The predicted molar refractivity (Wildman–Crippen MR) is 81.1 cm³/mol. The summed E-state index contributed by atoms with van der Waals surface area (Å²) in [6.07, 6.45) is 1.82. The summed E-state index contributed by atoms with van der Waals surface area (Å²) >= 11 is 6.01. The van der Waals surface area contributed by atoms with Crippen LogP contribution in [0.1, 0.15) is 43.5 Å². The molecular formula is C15H22ClN3O. The van der Waals surface area contributed by atoms with E-state index in [0.717, 1.165) is 23.8 Å². The molecule has 0 aliphatic heterocycles. The first-order valence-electron chi connectivity index (χ1n) is 6.77. The Morgan fingerprint density at radius 2 is 2.05 bits per heavy atom. The van der Waals surface area contributed by atoms with E-state index in [4.69, 9.17) is 16.0 Å². The van der Waals surface area contributed by atoms with E-state index in [1.54, 1.807) is 4.68 Å². The van der Waals surface area contributed by atoms with Gasteiger partial charge in [-0.3, -0.25) is 4.68 Å². The van der Waals surface area contributed by atoms with Crippen LogP contribution in [0, 0.1) is 13.8 Å². The molecule has 0 fully saturated rings. The molecule has 0 unspecified atom stereocenters. The molecule has 5 heteroatoms. The van der Waals surface area contributed by atoms with Gasteiger partial charge in [-0.25, -0.2) is 0 Å². The first-order valence-corrected chi connectivity index (χ1v) is 7.15. The van der Waals surface area contributed by atoms with Crippen LogP contribution in [0.15, 0.2) is 16.7 Å². The van der Waals surface area contributed by atoms with Crippen LogP contribution < -0.4 is 5.32 Å². The molecule has 0 amide bonds. The van der Waals surface area contributed by atoms with Gasteiger partial charge in [-0.05, 0) is 40.7 Å². The summed E-state index contributed by atoms with van der Waals surface area (Å²) in [5.74, 6) is 1.85. The highest BCUT2D eigenvalue weighted by molar-refractivity contribution is 6.31. The van der Waals surface area contributed by atoms with Crippen molar-refractivity contribution in [1.82, 2.24) is 15.1 Å². The summed E-state index contributed by atoms with van der Waals surface area (Å²) in [6.45, 7) is 11.7. The van der Waals surface area contributed by atoms with Gasteiger partial charge in [-0.1, -0.05) is 11.6 Å². The second kappa shape index (κ2) is 5.62. The molecular weight excluding hydrogens is 274 g/mol. The molecule has 20 heavy (non-hydrogen) atoms. The number of halogens is 1. The monoisotopic (exact) mass is 295 g/mol. The molecule has 0 radical (unpaired) electrons. The highest BCUT2D eigenvalue weighted by Crippen LogP contribution is 2.18. The van der Waals surface area contributed by atoms with Gasteiger partial charge in [0, 0.05) is 23.8 Å². The second-order valence-corrected chi connectivity index (χ2v) is 6.56. The number of aryl methyl sites for hydroxylation is 2. The summed E-state index contributed by atoms with van der Waals surface area (Å²) in [5, 5.41) is 8.49. The molecule has 0 saturated heterocycles. The van der Waals surface area contributed by atoms with E-state index in [-0.39, 0.29) is 5.54 Å². The zero-order chi connectivity index (χ0) is 14.9. The number of hydrogen-bond donors (Lipinski definition) is 1. The third-order valence-corrected chi connectivity index (χ3v) is 3.46. The van der Waals surface area contributed by atoms with Gasteiger partial charge in [-0.15, -0.1) is 0 Å². The van der Waals surface area contributed by atoms with Crippen LogP contribution in [-0.2, 0) is 13.1 Å². The van der Waals surface area contributed by atoms with Crippen molar-refractivity contribution in [3.05, 3.63) is 40.1 Å². The fourth-order valence-electron chi connectivity index (χ4n) is 1.94. The van der Waals surface area contributed by atoms with Crippen LogP contribution in [0.25, 0.3) is 0 Å². The number of nitrogens with one attached hydrogen (secondary N) is 1. The lowest BCUT2D eigenvalue weighted by Gasteiger charge is -2.20. The molecule has 2 aromatic rings. The summed E-state index contributed by atoms with van der Waals surface area (Å²) in [7, 11) is 0. The molecule has 0 aromatic carbocycles. The zero-order valence-corrected chi connectivity index (χ0v) is 13.5. The average molecular weight is 296 g/mol. The summed E-state index contributed by atoms with van der Waals surface area (Å²) in [5.41, 5.74) is 2.12. The molecule has 2 aromatic heterocycles. The third kappa shape index (κ3) is 3.87. The van der Waals surface area contributed by atoms with Crippen molar-refractivity contribution in [2.45, 2.75) is 53.2 Å². The van der Waals surface area contributed by atoms with Gasteiger partial charge in [0.2, 0.25) is 0 Å². The van der Waals surface area contributed by atoms with Crippen LogP contribution in [0.5, 0.6) is 0 Å². The van der Waals surface area contributed by atoms with Crippen LogP contribution in [0.3, 0.4) is 0 Å². The molecule has 4 nitrogen and oxygen atoms in total. The van der Waals surface area contributed by atoms with Crippen LogP contribution >= 0.6 is 11.6 Å². The first-order chi connectivity index (χ1) is 9.24. The van der Waals surface area contributed by atoms with Gasteiger partial charge in [0.15, 0.2) is 0 Å². The van der Waals surface area contributed by atoms with E-state index in [0.29, 0.717) is 11.6 Å². The lowest BCUT2D eigenvalue weighted by atomic mass is 10.1. The Balaban J connectivity index is 2.07. The highest BCUT2D eigenvalue weighted by Gasteiger charge is 2.13. The van der Waals surface area contributed by atoms with E-state index < -0.39 is 0 Å². The summed E-state index contributed by atoms with van der Waals surface area (Å²) in [4.78, 5) is 0. The topological polar surface area (TPSA) is 43.0 Å². The molecule has 2 heterocycles. The number of rotatable bonds is 4. The molecule has 0 atom stereocenters. The Kier molecular flexibility index (Phi) is 4.25. The summed E-state index contributed by atoms with van der Waals surface area (Å²) < 4.78 is 7.59. The highest BCUT2D eigenvalue weighted by atomic mass is 35.5. The van der Waals surface area contributed by atoms with Crippen molar-refractivity contribution in [2.24, 2.45) is 0 Å². The predicted octanol–water partition coefficient (Wildman–Crippen LogP) is 3.68. The van der Waals surface area contributed by atoms with Gasteiger partial charge < -0.3 is 9.73 Å². The third-order valence-electron chi connectivity index (χ3n) is 3.09. The van der Waals surface area contributed by atoms with Gasteiger partial charge in [0.1, 0.15) is 11.5 Å². The first kappa shape index (κ1) is 15.1. The fraction of sp³-hybridized carbons (Fsp3) is 0.533. The lowest BCUT2D eigenvalue weighted by molar-refractivity contribution is 0.418. The average Bonchev–Trinajstić information content (AvgIpc) is 2.80. The number of nitrogens with zero attached hydrogens (tertiary/aromatic N) is 2. The molecule has 0 bridgehead atoms. The molecule has 0 spiro atoms. The molecule has 2 rings (SSSR count). The van der Waals surface area contributed by atoms with Crippen molar-refractivity contribution in [3.8, 4) is 0 Å². The number of hydrogen-bond acceptors (Lipinski definition) is 3. The smallest absolute Gasteiger partial charge is 0.125 e. The van der Waals surface area contributed by atoms with E-state index in [9.17, 15) is 0 Å². The molecule has 0 saturated carbocycles. The maximum absolute atomic E-state index is 6.01. The van der Waals surface area contributed by atoms with Crippen LogP contribution in [-0.4, -0.2) is 15.3 Å². The zero-order valence-electron chi connectivity index (χ0n) is 12.7. The fourth-order valence-corrected chi connectivity index (χ4v) is 2.09. The van der Waals surface area contributed by atoms with Gasteiger partial charge in [-0.2, -0.15) is 5.10 Å². The quantitative estimate of drug-likeness (QED) is 0.935. The minimum Gasteiger partial charge on any atom is -0.464 e.